The van der Waals surface area contributed by atoms with Crippen molar-refractivity contribution in [3.05, 3.63) is 23.8 Å². The summed E-state index contributed by atoms with van der Waals surface area (Å²) in [6, 6.07) is 5.39. The van der Waals surface area contributed by atoms with E-state index in [0.717, 1.165) is 11.3 Å². The van der Waals surface area contributed by atoms with Gasteiger partial charge in [-0.15, -0.1) is 0 Å². The minimum absolute atomic E-state index is 0.0830. The fraction of sp³-hybridized carbons (Fsp3) is 0.300. The lowest BCUT2D eigenvalue weighted by molar-refractivity contribution is -0.125. The van der Waals surface area contributed by atoms with Crippen LogP contribution in [-0.4, -0.2) is 23.7 Å². The van der Waals surface area contributed by atoms with Crippen LogP contribution in [0.15, 0.2) is 18.2 Å². The first-order chi connectivity index (χ1) is 7.02. The Balaban J connectivity index is 2.66. The number of aliphatic hydroxyl groups is 1. The normalized spacial score (nSPS) is 12.1. The van der Waals surface area contributed by atoms with Gasteiger partial charge in [0.05, 0.1) is 0 Å². The minimum Gasteiger partial charge on any atom is -0.398 e. The fourth-order valence-electron chi connectivity index (χ4n) is 1.15. The number of anilines is 2. The summed E-state index contributed by atoms with van der Waals surface area (Å²) in [4.78, 5) is 10.6. The number of carbonyl (C=O) groups is 1. The van der Waals surface area contributed by atoms with Crippen molar-refractivity contribution in [3.63, 3.8) is 0 Å². The predicted octanol–water partition coefficient (Wildman–Crippen LogP) is -0.165. The number of nitrogens with one attached hydrogen (secondary N) is 1. The van der Waals surface area contributed by atoms with Gasteiger partial charge in [-0.05, 0) is 24.6 Å². The molecule has 0 aliphatic heterocycles. The Morgan fingerprint density at radius 2 is 2.27 bits per heavy atom. The van der Waals surface area contributed by atoms with Crippen molar-refractivity contribution in [2.45, 2.75) is 13.0 Å². The summed E-state index contributed by atoms with van der Waals surface area (Å²) in [6.45, 7) is 1.94. The van der Waals surface area contributed by atoms with Gasteiger partial charge in [0, 0.05) is 17.9 Å². The van der Waals surface area contributed by atoms with Gasteiger partial charge in [0.25, 0.3) is 0 Å². The lowest BCUT2D eigenvalue weighted by atomic mass is 10.1. The maximum atomic E-state index is 10.6. The molecule has 1 amide bonds. The van der Waals surface area contributed by atoms with Crippen LogP contribution in [0.5, 0.6) is 0 Å². The molecule has 6 N–H and O–H groups in total. The van der Waals surface area contributed by atoms with E-state index in [1.165, 1.54) is 0 Å². The number of primary amides is 1. The van der Waals surface area contributed by atoms with Crippen LogP contribution in [0, 0.1) is 6.92 Å². The van der Waals surface area contributed by atoms with E-state index in [1.54, 1.807) is 12.1 Å². The van der Waals surface area contributed by atoms with Gasteiger partial charge in [-0.25, -0.2) is 0 Å². The molecule has 5 heteroatoms. The number of aliphatic hydroxyl groups excluding tert-OH is 1. The van der Waals surface area contributed by atoms with Crippen LogP contribution in [-0.2, 0) is 4.79 Å². The van der Waals surface area contributed by atoms with Crippen molar-refractivity contribution in [2.24, 2.45) is 5.73 Å². The van der Waals surface area contributed by atoms with Crippen molar-refractivity contribution >= 4 is 17.3 Å². The molecule has 82 valence electrons. The molecule has 0 radical (unpaired) electrons. The SMILES string of the molecule is Cc1c(N)cccc1NCC(O)C(N)=O. The zero-order valence-electron chi connectivity index (χ0n) is 8.53. The molecule has 0 heterocycles. The maximum absolute atomic E-state index is 10.6. The first-order valence-electron chi connectivity index (χ1n) is 4.58. The van der Waals surface area contributed by atoms with E-state index in [2.05, 4.69) is 5.32 Å². The number of hydrogen-bond acceptors (Lipinski definition) is 4. The predicted molar refractivity (Wildman–Crippen MR) is 59.3 cm³/mol. The molecule has 0 bridgehead atoms. The van der Waals surface area contributed by atoms with Crippen molar-refractivity contribution in [3.8, 4) is 0 Å². The van der Waals surface area contributed by atoms with Crippen LogP contribution in [0.1, 0.15) is 5.56 Å². The highest BCUT2D eigenvalue weighted by molar-refractivity contribution is 5.79. The van der Waals surface area contributed by atoms with E-state index in [0.29, 0.717) is 5.69 Å². The number of nitrogens with two attached hydrogens (primary N) is 2. The standard InChI is InChI=1S/C10H15N3O2/c1-6-7(11)3-2-4-8(6)13-5-9(14)10(12)15/h2-4,9,13-14H,5,11H2,1H3,(H2,12,15). The summed E-state index contributed by atoms with van der Waals surface area (Å²) in [5, 5.41) is 12.1. The Bertz CT molecular complexity index is 366. The number of carbonyl (C=O) groups excluding carboxylic acids is 1. The zero-order valence-corrected chi connectivity index (χ0v) is 8.53. The van der Waals surface area contributed by atoms with Crippen LogP contribution >= 0.6 is 0 Å². The summed E-state index contributed by atoms with van der Waals surface area (Å²) in [7, 11) is 0. The number of rotatable bonds is 4. The Kier molecular flexibility index (Phi) is 3.51. The Labute approximate surface area is 88.1 Å². The number of nitrogen functional groups attached to an aromatic ring is 1. The monoisotopic (exact) mass is 209 g/mol. The van der Waals surface area contributed by atoms with E-state index in [9.17, 15) is 9.90 Å². The third kappa shape index (κ3) is 2.85. The average Bonchev–Trinajstić information content (AvgIpc) is 2.19. The molecular formula is C10H15N3O2. The molecule has 1 atom stereocenters. The molecule has 1 aromatic rings. The summed E-state index contributed by atoms with van der Waals surface area (Å²) in [6.07, 6.45) is -1.19. The third-order valence-electron chi connectivity index (χ3n) is 2.19. The number of hydrogen-bond donors (Lipinski definition) is 4. The molecule has 0 aromatic heterocycles. The van der Waals surface area contributed by atoms with Gasteiger partial charge in [0.2, 0.25) is 5.91 Å². The quantitative estimate of drug-likeness (QED) is 0.517. The second kappa shape index (κ2) is 4.65. The molecule has 1 unspecified atom stereocenters. The molecule has 0 saturated carbocycles. The summed E-state index contributed by atoms with van der Waals surface area (Å²) in [5.74, 6) is -0.746. The smallest absolute Gasteiger partial charge is 0.248 e. The van der Waals surface area contributed by atoms with Gasteiger partial charge >= 0.3 is 0 Å². The van der Waals surface area contributed by atoms with Crippen LogP contribution in [0.3, 0.4) is 0 Å². The zero-order chi connectivity index (χ0) is 11.4. The lowest BCUT2D eigenvalue weighted by Crippen LogP contribution is -2.34. The van der Waals surface area contributed by atoms with Crippen LogP contribution < -0.4 is 16.8 Å². The summed E-state index contributed by atoms with van der Waals surface area (Å²) >= 11 is 0. The summed E-state index contributed by atoms with van der Waals surface area (Å²) in [5.41, 5.74) is 12.9. The van der Waals surface area contributed by atoms with Crippen molar-refractivity contribution in [1.29, 1.82) is 0 Å². The van der Waals surface area contributed by atoms with Crippen LogP contribution in [0.2, 0.25) is 0 Å². The second-order valence-electron chi connectivity index (χ2n) is 3.32. The van der Waals surface area contributed by atoms with E-state index in [1.807, 2.05) is 13.0 Å². The molecule has 0 saturated heterocycles. The van der Waals surface area contributed by atoms with E-state index in [-0.39, 0.29) is 6.54 Å². The topological polar surface area (TPSA) is 101 Å². The fourth-order valence-corrected chi connectivity index (χ4v) is 1.15. The largest absolute Gasteiger partial charge is 0.398 e. The van der Waals surface area contributed by atoms with Crippen LogP contribution in [0.4, 0.5) is 11.4 Å². The molecule has 1 rings (SSSR count). The molecule has 0 spiro atoms. The van der Waals surface area contributed by atoms with Crippen molar-refractivity contribution < 1.29 is 9.90 Å². The molecule has 5 nitrogen and oxygen atoms in total. The van der Waals surface area contributed by atoms with Gasteiger partial charge in [-0.3, -0.25) is 4.79 Å². The van der Waals surface area contributed by atoms with Gasteiger partial charge in [0.15, 0.2) is 0 Å². The van der Waals surface area contributed by atoms with E-state index in [4.69, 9.17) is 11.5 Å². The molecular weight excluding hydrogens is 194 g/mol. The van der Waals surface area contributed by atoms with Gasteiger partial charge in [-0.1, -0.05) is 6.07 Å². The van der Waals surface area contributed by atoms with Crippen molar-refractivity contribution in [1.82, 2.24) is 0 Å². The number of benzene rings is 1. The van der Waals surface area contributed by atoms with Crippen LogP contribution in [0.25, 0.3) is 0 Å². The molecule has 0 aliphatic rings. The third-order valence-corrected chi connectivity index (χ3v) is 2.19. The molecule has 0 fully saturated rings. The Hall–Kier alpha value is -1.75. The Morgan fingerprint density at radius 3 is 2.87 bits per heavy atom. The highest BCUT2D eigenvalue weighted by Crippen LogP contribution is 2.20. The second-order valence-corrected chi connectivity index (χ2v) is 3.32. The van der Waals surface area contributed by atoms with Gasteiger partial charge < -0.3 is 21.9 Å². The first-order valence-corrected chi connectivity index (χ1v) is 4.58. The molecule has 15 heavy (non-hydrogen) atoms. The highest BCUT2D eigenvalue weighted by atomic mass is 16.3. The number of amides is 1. The van der Waals surface area contributed by atoms with Gasteiger partial charge in [-0.2, -0.15) is 0 Å². The van der Waals surface area contributed by atoms with E-state index >= 15 is 0 Å². The maximum Gasteiger partial charge on any atom is 0.248 e. The molecule has 1 aromatic carbocycles. The highest BCUT2D eigenvalue weighted by Gasteiger charge is 2.10. The summed E-state index contributed by atoms with van der Waals surface area (Å²) < 4.78 is 0. The Morgan fingerprint density at radius 1 is 1.60 bits per heavy atom. The van der Waals surface area contributed by atoms with E-state index < -0.39 is 12.0 Å². The average molecular weight is 209 g/mol. The molecule has 0 aliphatic carbocycles. The lowest BCUT2D eigenvalue weighted by Gasteiger charge is -2.12. The van der Waals surface area contributed by atoms with Crippen molar-refractivity contribution in [2.75, 3.05) is 17.6 Å². The minimum atomic E-state index is -1.19. The first kappa shape index (κ1) is 11.3. The van der Waals surface area contributed by atoms with Gasteiger partial charge in [0.1, 0.15) is 6.10 Å².